The van der Waals surface area contributed by atoms with E-state index in [1.165, 1.54) is 25.8 Å². The lowest BCUT2D eigenvalue weighted by molar-refractivity contribution is -0.107. The van der Waals surface area contributed by atoms with Crippen molar-refractivity contribution in [2.24, 2.45) is 5.41 Å². The van der Waals surface area contributed by atoms with Gasteiger partial charge in [0.2, 0.25) is 0 Å². The van der Waals surface area contributed by atoms with Gasteiger partial charge in [-0.1, -0.05) is 6.07 Å². The standard InChI is InChI=1S/C23H36N4O5/c1-24-14-23(15-24)16-26(17-23)11-18-4-5-20(21(10-18)30-2)32-13-19(28)12-25-6-8-27(9-7-25)22(29)31-3/h4-5,10,19,28H,6-9,11-17H2,1-3H3. The van der Waals surface area contributed by atoms with Gasteiger partial charge in [-0.25, -0.2) is 4.79 Å². The van der Waals surface area contributed by atoms with Crippen LogP contribution in [0.3, 0.4) is 0 Å². The molecule has 32 heavy (non-hydrogen) atoms. The van der Waals surface area contributed by atoms with Crippen molar-refractivity contribution in [1.29, 1.82) is 0 Å². The fourth-order valence-corrected chi connectivity index (χ4v) is 5.28. The molecule has 9 heteroatoms. The van der Waals surface area contributed by atoms with E-state index >= 15 is 0 Å². The number of aliphatic hydroxyl groups is 1. The highest BCUT2D eigenvalue weighted by Gasteiger charge is 2.49. The van der Waals surface area contributed by atoms with Crippen LogP contribution in [0.25, 0.3) is 0 Å². The summed E-state index contributed by atoms with van der Waals surface area (Å²) in [5.41, 5.74) is 1.74. The summed E-state index contributed by atoms with van der Waals surface area (Å²) in [6, 6.07) is 6.04. The topological polar surface area (TPSA) is 78.0 Å². The Balaban J connectivity index is 1.20. The quantitative estimate of drug-likeness (QED) is 0.619. The van der Waals surface area contributed by atoms with Gasteiger partial charge in [-0.2, -0.15) is 0 Å². The first-order valence-electron chi connectivity index (χ1n) is 11.3. The van der Waals surface area contributed by atoms with E-state index in [0.717, 1.165) is 19.6 Å². The van der Waals surface area contributed by atoms with Gasteiger partial charge in [0, 0.05) is 70.9 Å². The van der Waals surface area contributed by atoms with E-state index in [1.807, 2.05) is 12.1 Å². The number of rotatable bonds is 8. The molecule has 3 saturated heterocycles. The Kier molecular flexibility index (Phi) is 7.09. The molecule has 178 valence electrons. The van der Waals surface area contributed by atoms with Crippen molar-refractivity contribution in [2.45, 2.75) is 12.6 Å². The van der Waals surface area contributed by atoms with Crippen molar-refractivity contribution in [1.82, 2.24) is 19.6 Å². The molecule has 3 fully saturated rings. The monoisotopic (exact) mass is 448 g/mol. The van der Waals surface area contributed by atoms with E-state index in [1.54, 1.807) is 12.0 Å². The average molecular weight is 449 g/mol. The molecule has 0 aromatic heterocycles. The first-order chi connectivity index (χ1) is 15.4. The van der Waals surface area contributed by atoms with Crippen LogP contribution in [0.4, 0.5) is 4.79 Å². The normalized spacial score (nSPS) is 22.2. The zero-order chi connectivity index (χ0) is 22.7. The van der Waals surface area contributed by atoms with Gasteiger partial charge in [-0.15, -0.1) is 0 Å². The summed E-state index contributed by atoms with van der Waals surface area (Å²) in [7, 11) is 5.22. The third kappa shape index (κ3) is 5.28. The molecular weight excluding hydrogens is 412 g/mol. The van der Waals surface area contributed by atoms with Crippen LogP contribution in [-0.4, -0.2) is 124 Å². The lowest BCUT2D eigenvalue weighted by Crippen LogP contribution is -2.70. The number of amides is 1. The highest BCUT2D eigenvalue weighted by molar-refractivity contribution is 5.67. The van der Waals surface area contributed by atoms with Gasteiger partial charge in [-0.3, -0.25) is 9.80 Å². The van der Waals surface area contributed by atoms with Gasteiger partial charge in [0.1, 0.15) is 12.7 Å². The zero-order valence-electron chi connectivity index (χ0n) is 19.5. The largest absolute Gasteiger partial charge is 0.493 e. The number of methoxy groups -OCH3 is 2. The van der Waals surface area contributed by atoms with Crippen LogP contribution >= 0.6 is 0 Å². The molecule has 1 aromatic carbocycles. The lowest BCUT2D eigenvalue weighted by Gasteiger charge is -2.59. The van der Waals surface area contributed by atoms with Crippen molar-refractivity contribution in [3.05, 3.63) is 23.8 Å². The smallest absolute Gasteiger partial charge is 0.409 e. The molecule has 0 saturated carbocycles. The van der Waals surface area contributed by atoms with Crippen molar-refractivity contribution in [3.8, 4) is 11.5 Å². The Morgan fingerprint density at radius 2 is 1.78 bits per heavy atom. The van der Waals surface area contributed by atoms with Crippen LogP contribution in [-0.2, 0) is 11.3 Å². The minimum absolute atomic E-state index is 0.190. The first kappa shape index (κ1) is 23.1. The number of aliphatic hydroxyl groups excluding tert-OH is 1. The van der Waals surface area contributed by atoms with Crippen molar-refractivity contribution >= 4 is 6.09 Å². The molecule has 1 amide bonds. The number of nitrogens with zero attached hydrogens (tertiary/aromatic N) is 4. The maximum absolute atomic E-state index is 11.6. The van der Waals surface area contributed by atoms with E-state index in [4.69, 9.17) is 14.2 Å². The molecule has 3 aliphatic heterocycles. The molecular formula is C23H36N4O5. The summed E-state index contributed by atoms with van der Waals surface area (Å²) in [4.78, 5) is 20.2. The van der Waals surface area contributed by atoms with Crippen molar-refractivity contribution in [3.63, 3.8) is 0 Å². The number of ether oxygens (including phenoxy) is 3. The summed E-state index contributed by atoms with van der Waals surface area (Å²) in [6.45, 7) is 8.98. The van der Waals surface area contributed by atoms with E-state index in [-0.39, 0.29) is 12.7 Å². The molecule has 1 unspecified atom stereocenters. The summed E-state index contributed by atoms with van der Waals surface area (Å²) in [5, 5.41) is 10.4. The summed E-state index contributed by atoms with van der Waals surface area (Å²) in [6.07, 6.45) is -0.921. The second-order valence-corrected chi connectivity index (χ2v) is 9.53. The van der Waals surface area contributed by atoms with Gasteiger partial charge in [0.15, 0.2) is 11.5 Å². The molecule has 4 rings (SSSR count). The minimum Gasteiger partial charge on any atom is -0.493 e. The average Bonchev–Trinajstić information content (AvgIpc) is 2.75. The third-order valence-electron chi connectivity index (χ3n) is 6.67. The van der Waals surface area contributed by atoms with Crippen LogP contribution in [0.2, 0.25) is 0 Å². The molecule has 3 heterocycles. The zero-order valence-corrected chi connectivity index (χ0v) is 19.5. The number of hydrogen-bond acceptors (Lipinski definition) is 8. The molecule has 1 N–H and O–H groups in total. The predicted molar refractivity (Wildman–Crippen MR) is 120 cm³/mol. The maximum atomic E-state index is 11.6. The lowest BCUT2D eigenvalue weighted by atomic mass is 9.73. The fraction of sp³-hybridized carbons (Fsp3) is 0.696. The number of carbonyl (C=O) groups excluding carboxylic acids is 1. The Hall–Kier alpha value is -2.07. The number of β-amino-alcohol motifs (C(OH)–C–C–N with tert-alkyl or cyclic N) is 1. The van der Waals surface area contributed by atoms with E-state index in [9.17, 15) is 9.90 Å². The van der Waals surface area contributed by atoms with Gasteiger partial charge in [0.25, 0.3) is 0 Å². The molecule has 1 aromatic rings. The Bertz CT molecular complexity index is 785. The predicted octanol–water partition coefficient (Wildman–Crippen LogP) is 0.566. The Labute approximate surface area is 190 Å². The minimum atomic E-state index is -0.623. The SMILES string of the molecule is COC(=O)N1CCN(CC(O)COc2ccc(CN3CC4(CN(C)C4)C3)cc2OC)CC1. The van der Waals surface area contributed by atoms with Gasteiger partial charge >= 0.3 is 6.09 Å². The van der Waals surface area contributed by atoms with Crippen molar-refractivity contribution < 1.29 is 24.1 Å². The van der Waals surface area contributed by atoms with Crippen LogP contribution in [0.1, 0.15) is 5.56 Å². The molecule has 3 aliphatic rings. The first-order valence-corrected chi connectivity index (χ1v) is 11.3. The summed E-state index contributed by atoms with van der Waals surface area (Å²) in [5.74, 6) is 1.34. The van der Waals surface area contributed by atoms with Crippen LogP contribution < -0.4 is 9.47 Å². The van der Waals surface area contributed by atoms with E-state index in [0.29, 0.717) is 49.6 Å². The fourth-order valence-electron chi connectivity index (χ4n) is 5.28. The van der Waals surface area contributed by atoms with Gasteiger partial charge in [-0.05, 0) is 24.7 Å². The van der Waals surface area contributed by atoms with E-state index in [2.05, 4.69) is 27.8 Å². The number of likely N-dealkylation sites (tertiary alicyclic amines) is 2. The number of carbonyl (C=O) groups is 1. The third-order valence-corrected chi connectivity index (χ3v) is 6.67. The number of benzene rings is 1. The second kappa shape index (κ2) is 9.82. The summed E-state index contributed by atoms with van der Waals surface area (Å²) >= 11 is 0. The Morgan fingerprint density at radius 3 is 2.41 bits per heavy atom. The van der Waals surface area contributed by atoms with Crippen molar-refractivity contribution in [2.75, 3.05) is 86.8 Å². The summed E-state index contributed by atoms with van der Waals surface area (Å²) < 4.78 is 16.2. The number of hydrogen-bond donors (Lipinski definition) is 1. The molecule has 0 radical (unpaired) electrons. The van der Waals surface area contributed by atoms with Gasteiger partial charge in [0.05, 0.1) is 14.2 Å². The second-order valence-electron chi connectivity index (χ2n) is 9.53. The van der Waals surface area contributed by atoms with Crippen LogP contribution in [0.15, 0.2) is 18.2 Å². The molecule has 0 aliphatic carbocycles. The molecule has 0 bridgehead atoms. The highest BCUT2D eigenvalue weighted by Crippen LogP contribution is 2.39. The number of piperazine rings is 1. The molecule has 1 atom stereocenters. The highest BCUT2D eigenvalue weighted by atomic mass is 16.5. The molecule has 1 spiro atoms. The maximum Gasteiger partial charge on any atom is 0.409 e. The van der Waals surface area contributed by atoms with E-state index < -0.39 is 6.10 Å². The van der Waals surface area contributed by atoms with Crippen LogP contribution in [0, 0.1) is 5.41 Å². The Morgan fingerprint density at radius 1 is 1.06 bits per heavy atom. The van der Waals surface area contributed by atoms with Crippen LogP contribution in [0.5, 0.6) is 11.5 Å². The van der Waals surface area contributed by atoms with Gasteiger partial charge < -0.3 is 29.1 Å². The molecule has 9 nitrogen and oxygen atoms in total.